The first-order valence-electron chi connectivity index (χ1n) is 10.3. The summed E-state index contributed by atoms with van der Waals surface area (Å²) < 4.78 is 5.64. The molecule has 4 aromatic rings. The van der Waals surface area contributed by atoms with Crippen LogP contribution in [0.15, 0.2) is 78.9 Å². The summed E-state index contributed by atoms with van der Waals surface area (Å²) in [4.78, 5) is 16.1. The average molecular weight is 449 g/mol. The zero-order valence-corrected chi connectivity index (χ0v) is 18.5. The van der Waals surface area contributed by atoms with Gasteiger partial charge in [0.25, 0.3) is 0 Å². The maximum atomic E-state index is 11.6. The summed E-state index contributed by atoms with van der Waals surface area (Å²) in [5.41, 5.74) is 8.86. The van der Waals surface area contributed by atoms with Gasteiger partial charge in [0.1, 0.15) is 5.75 Å². The van der Waals surface area contributed by atoms with E-state index < -0.39 is 5.97 Å². The number of rotatable bonds is 6. The third-order valence-electron chi connectivity index (χ3n) is 4.70. The van der Waals surface area contributed by atoms with E-state index in [1.807, 2.05) is 73.7 Å². The van der Waals surface area contributed by atoms with Crippen LogP contribution in [0.4, 0.5) is 0 Å². The number of fused-ring (bicyclic) bond motifs is 1. The monoisotopic (exact) mass is 448 g/mol. The smallest absolute Gasteiger partial charge is 0.336 e. The molecule has 0 spiro atoms. The topological polar surface area (TPSA) is 85.4 Å². The number of carboxylic acid groups (broad SMARTS) is 1. The summed E-state index contributed by atoms with van der Waals surface area (Å²) in [5, 5.41) is 10.9. The average Bonchev–Trinajstić information content (AvgIpc) is 2.83. The normalized spacial score (nSPS) is 10.3. The predicted octanol–water partition coefficient (Wildman–Crippen LogP) is 6.19. The zero-order chi connectivity index (χ0) is 22.9. The van der Waals surface area contributed by atoms with Crippen molar-refractivity contribution in [3.63, 3.8) is 0 Å². The molecule has 4 rings (SSSR count). The molecule has 0 aliphatic rings. The number of hydrogen-bond donors (Lipinski definition) is 2. The van der Waals surface area contributed by atoms with Crippen molar-refractivity contribution >= 4 is 28.5 Å². The number of pyridine rings is 1. The second kappa shape index (κ2) is 11.3. The highest BCUT2D eigenvalue weighted by molar-refractivity contribution is 6.30. The standard InChI is InChI=1S/C19H17NO3.C7H8ClN/c1-2-10-23-14-7-5-6-13(11-14)18-12-16(19(21)22)15-8-3-4-9-17(15)20-18;8-7-3-1-6(5-9)2-4-7/h3-9,11-12H,2,10H2,1H3,(H,21,22);1-4H,5,9H2. The third-order valence-corrected chi connectivity index (χ3v) is 4.95. The molecule has 6 heteroatoms. The number of hydrogen-bond acceptors (Lipinski definition) is 4. The Morgan fingerprint density at radius 1 is 1.03 bits per heavy atom. The molecule has 0 atom stereocenters. The van der Waals surface area contributed by atoms with Gasteiger partial charge in [-0.15, -0.1) is 0 Å². The molecule has 0 saturated carbocycles. The number of nitrogens with zero attached hydrogens (tertiary/aromatic N) is 1. The van der Waals surface area contributed by atoms with Crippen molar-refractivity contribution in [3.05, 3.63) is 95.0 Å². The summed E-state index contributed by atoms with van der Waals surface area (Å²) >= 11 is 5.63. The Bertz CT molecular complexity index is 1190. The first-order valence-corrected chi connectivity index (χ1v) is 10.7. The van der Waals surface area contributed by atoms with Gasteiger partial charge in [-0.05, 0) is 48.4 Å². The van der Waals surface area contributed by atoms with Gasteiger partial charge in [0.15, 0.2) is 0 Å². The maximum Gasteiger partial charge on any atom is 0.336 e. The number of para-hydroxylation sites is 1. The van der Waals surface area contributed by atoms with E-state index in [0.29, 0.717) is 29.7 Å². The minimum atomic E-state index is -0.955. The van der Waals surface area contributed by atoms with Crippen LogP contribution in [0.1, 0.15) is 29.3 Å². The van der Waals surface area contributed by atoms with Crippen LogP contribution >= 0.6 is 11.6 Å². The molecule has 0 bridgehead atoms. The Morgan fingerprint density at radius 2 is 1.78 bits per heavy atom. The molecular formula is C26H25ClN2O3. The maximum absolute atomic E-state index is 11.6. The van der Waals surface area contributed by atoms with Gasteiger partial charge >= 0.3 is 5.97 Å². The van der Waals surface area contributed by atoms with Crippen molar-refractivity contribution in [2.45, 2.75) is 19.9 Å². The quantitative estimate of drug-likeness (QED) is 0.367. The number of aromatic carboxylic acids is 1. The zero-order valence-electron chi connectivity index (χ0n) is 17.8. The van der Waals surface area contributed by atoms with E-state index in [9.17, 15) is 9.90 Å². The first-order chi connectivity index (χ1) is 15.5. The molecule has 5 nitrogen and oxygen atoms in total. The number of nitrogens with two attached hydrogens (primary N) is 1. The summed E-state index contributed by atoms with van der Waals surface area (Å²) in [6.07, 6.45) is 0.932. The lowest BCUT2D eigenvalue weighted by Gasteiger charge is -2.09. The van der Waals surface area contributed by atoms with Crippen LogP contribution in [0.5, 0.6) is 5.75 Å². The fourth-order valence-corrected chi connectivity index (χ4v) is 3.21. The highest BCUT2D eigenvalue weighted by Crippen LogP contribution is 2.27. The predicted molar refractivity (Wildman–Crippen MR) is 129 cm³/mol. The van der Waals surface area contributed by atoms with Crippen LogP contribution in [-0.4, -0.2) is 22.7 Å². The lowest BCUT2D eigenvalue weighted by Crippen LogP contribution is -2.00. The minimum Gasteiger partial charge on any atom is -0.494 e. The van der Waals surface area contributed by atoms with Crippen molar-refractivity contribution in [3.8, 4) is 17.0 Å². The molecule has 0 amide bonds. The van der Waals surface area contributed by atoms with Gasteiger partial charge in [0.2, 0.25) is 0 Å². The fraction of sp³-hybridized carbons (Fsp3) is 0.154. The molecule has 3 N–H and O–H groups in total. The van der Waals surface area contributed by atoms with Crippen LogP contribution in [0.3, 0.4) is 0 Å². The summed E-state index contributed by atoms with van der Waals surface area (Å²) in [5.74, 6) is -0.195. The highest BCUT2D eigenvalue weighted by atomic mass is 35.5. The second-order valence-electron chi connectivity index (χ2n) is 7.08. The van der Waals surface area contributed by atoms with Crippen LogP contribution < -0.4 is 10.5 Å². The van der Waals surface area contributed by atoms with Crippen molar-refractivity contribution in [2.75, 3.05) is 6.61 Å². The minimum absolute atomic E-state index is 0.255. The third kappa shape index (κ3) is 6.06. The van der Waals surface area contributed by atoms with Gasteiger partial charge in [-0.1, -0.05) is 61.0 Å². The van der Waals surface area contributed by atoms with E-state index in [1.54, 1.807) is 12.1 Å². The number of aromatic nitrogens is 1. The van der Waals surface area contributed by atoms with E-state index in [0.717, 1.165) is 28.3 Å². The van der Waals surface area contributed by atoms with Gasteiger partial charge in [-0.25, -0.2) is 9.78 Å². The van der Waals surface area contributed by atoms with E-state index in [-0.39, 0.29) is 5.56 Å². The number of carbonyl (C=O) groups is 1. The number of ether oxygens (including phenoxy) is 1. The molecule has 1 heterocycles. The molecule has 0 aliphatic carbocycles. The molecule has 164 valence electrons. The Labute approximate surface area is 192 Å². The second-order valence-corrected chi connectivity index (χ2v) is 7.52. The molecule has 0 radical (unpaired) electrons. The van der Waals surface area contributed by atoms with Gasteiger partial charge in [-0.2, -0.15) is 0 Å². The molecule has 32 heavy (non-hydrogen) atoms. The largest absolute Gasteiger partial charge is 0.494 e. The van der Waals surface area contributed by atoms with E-state index in [4.69, 9.17) is 22.1 Å². The molecular weight excluding hydrogens is 424 g/mol. The van der Waals surface area contributed by atoms with E-state index >= 15 is 0 Å². The fourth-order valence-electron chi connectivity index (χ4n) is 3.09. The Balaban J connectivity index is 0.000000269. The van der Waals surface area contributed by atoms with Gasteiger partial charge < -0.3 is 15.6 Å². The lowest BCUT2D eigenvalue weighted by atomic mass is 10.0. The Morgan fingerprint density at radius 3 is 2.47 bits per heavy atom. The van der Waals surface area contributed by atoms with E-state index in [2.05, 4.69) is 4.98 Å². The molecule has 0 unspecified atom stereocenters. The number of carboxylic acids is 1. The van der Waals surface area contributed by atoms with Crippen LogP contribution in [0, 0.1) is 0 Å². The van der Waals surface area contributed by atoms with Gasteiger partial charge in [0.05, 0.1) is 23.4 Å². The first kappa shape index (κ1) is 23.3. The Hall–Kier alpha value is -3.41. The van der Waals surface area contributed by atoms with Crippen molar-refractivity contribution in [2.24, 2.45) is 5.73 Å². The Kier molecular flexibility index (Phi) is 8.20. The molecule has 0 aliphatic heterocycles. The number of benzene rings is 3. The summed E-state index contributed by atoms with van der Waals surface area (Å²) in [6, 6.07) is 24.0. The molecule has 0 fully saturated rings. The molecule has 0 saturated heterocycles. The highest BCUT2D eigenvalue weighted by Gasteiger charge is 2.13. The van der Waals surface area contributed by atoms with E-state index in [1.165, 1.54) is 0 Å². The number of halogens is 1. The summed E-state index contributed by atoms with van der Waals surface area (Å²) in [7, 11) is 0. The SMILES string of the molecule is CCCOc1cccc(-c2cc(C(=O)O)c3ccccc3n2)c1.NCc1ccc(Cl)cc1. The van der Waals surface area contributed by atoms with Crippen molar-refractivity contribution < 1.29 is 14.6 Å². The molecule has 3 aromatic carbocycles. The van der Waals surface area contributed by atoms with Crippen LogP contribution in [-0.2, 0) is 6.54 Å². The van der Waals surface area contributed by atoms with Crippen molar-refractivity contribution in [1.82, 2.24) is 4.98 Å². The van der Waals surface area contributed by atoms with Gasteiger partial charge in [-0.3, -0.25) is 0 Å². The van der Waals surface area contributed by atoms with Crippen LogP contribution in [0.2, 0.25) is 5.02 Å². The summed E-state index contributed by atoms with van der Waals surface area (Å²) in [6.45, 7) is 3.28. The van der Waals surface area contributed by atoms with Gasteiger partial charge in [0, 0.05) is 22.5 Å². The van der Waals surface area contributed by atoms with Crippen LogP contribution in [0.25, 0.3) is 22.2 Å². The molecule has 1 aromatic heterocycles. The van der Waals surface area contributed by atoms with Crippen molar-refractivity contribution in [1.29, 1.82) is 0 Å². The lowest BCUT2D eigenvalue weighted by molar-refractivity contribution is 0.0699.